The minimum absolute atomic E-state index is 0.0834. The second kappa shape index (κ2) is 5.69. The van der Waals surface area contributed by atoms with E-state index in [1.807, 2.05) is 7.05 Å². The van der Waals surface area contributed by atoms with Gasteiger partial charge < -0.3 is 14.4 Å². The smallest absolute Gasteiger partial charge is 0.338 e. The van der Waals surface area contributed by atoms with Crippen LogP contribution in [0.1, 0.15) is 39.0 Å². The fraction of sp³-hybridized carbons (Fsp3) is 0.846. The van der Waals surface area contributed by atoms with Gasteiger partial charge in [0.2, 0.25) is 0 Å². The zero-order valence-corrected chi connectivity index (χ0v) is 11.1. The van der Waals surface area contributed by atoms with Crippen molar-refractivity contribution in [2.24, 2.45) is 0 Å². The summed E-state index contributed by atoms with van der Waals surface area (Å²) < 4.78 is 9.98. The lowest BCUT2D eigenvalue weighted by Gasteiger charge is -2.30. The fourth-order valence-electron chi connectivity index (χ4n) is 2.55. The van der Waals surface area contributed by atoms with Crippen LogP contribution in [-0.4, -0.2) is 48.7 Å². The van der Waals surface area contributed by atoms with Gasteiger partial charge in [0.05, 0.1) is 6.61 Å². The molecule has 2 aliphatic rings. The van der Waals surface area contributed by atoms with E-state index >= 15 is 0 Å². The molecule has 0 aromatic rings. The van der Waals surface area contributed by atoms with Gasteiger partial charge in [0.1, 0.15) is 0 Å². The first-order chi connectivity index (χ1) is 8.65. The molecule has 1 saturated heterocycles. The van der Waals surface area contributed by atoms with Crippen LogP contribution in [0.4, 0.5) is 0 Å². The van der Waals surface area contributed by atoms with Crippen LogP contribution in [0.25, 0.3) is 0 Å². The van der Waals surface area contributed by atoms with Crippen LogP contribution in [0, 0.1) is 0 Å². The van der Waals surface area contributed by atoms with Crippen LogP contribution in [-0.2, 0) is 19.1 Å². The molecule has 0 aromatic heterocycles. The van der Waals surface area contributed by atoms with E-state index in [1.165, 1.54) is 19.3 Å². The van der Waals surface area contributed by atoms with Crippen LogP contribution in [0.2, 0.25) is 0 Å². The fourth-order valence-corrected chi connectivity index (χ4v) is 2.55. The number of carbonyl (C=O) groups excluding carboxylic acids is 2. The van der Waals surface area contributed by atoms with Gasteiger partial charge in [-0.05, 0) is 19.8 Å². The second-order valence-electron chi connectivity index (χ2n) is 4.97. The summed E-state index contributed by atoms with van der Waals surface area (Å²) in [5.41, 5.74) is 0. The molecule has 0 bridgehead atoms. The first kappa shape index (κ1) is 13.3. The van der Waals surface area contributed by atoms with Crippen LogP contribution >= 0.6 is 0 Å². The summed E-state index contributed by atoms with van der Waals surface area (Å²) in [6.45, 7) is 2.06. The summed E-state index contributed by atoms with van der Waals surface area (Å²) in [4.78, 5) is 25.3. The molecule has 18 heavy (non-hydrogen) atoms. The van der Waals surface area contributed by atoms with Gasteiger partial charge >= 0.3 is 5.97 Å². The van der Waals surface area contributed by atoms with Crippen molar-refractivity contribution in [2.75, 3.05) is 13.7 Å². The number of likely N-dealkylation sites (N-methyl/N-ethyl adjacent to an activating group) is 1. The summed E-state index contributed by atoms with van der Waals surface area (Å²) in [5, 5.41) is 0. The quantitative estimate of drug-likeness (QED) is 0.557. The highest BCUT2D eigenvalue weighted by atomic mass is 16.6. The summed E-state index contributed by atoms with van der Waals surface area (Å²) in [6, 6.07) is 0.304. The first-order valence-corrected chi connectivity index (χ1v) is 6.74. The average Bonchev–Trinajstić information content (AvgIpc) is 3.18. The first-order valence-electron chi connectivity index (χ1n) is 6.74. The number of nitrogens with zero attached hydrogens (tertiary/aromatic N) is 1. The predicted octanol–water partition coefficient (Wildman–Crippen LogP) is 1.11. The van der Waals surface area contributed by atoms with E-state index in [2.05, 4.69) is 0 Å². The molecule has 0 aromatic carbocycles. The third-order valence-corrected chi connectivity index (χ3v) is 3.72. The molecule has 0 N–H and O–H groups in total. The average molecular weight is 255 g/mol. The molecule has 1 saturated carbocycles. The lowest BCUT2D eigenvalue weighted by Crippen LogP contribution is -2.41. The lowest BCUT2D eigenvalue weighted by molar-refractivity contribution is -0.145. The van der Waals surface area contributed by atoms with Crippen LogP contribution in [0.15, 0.2) is 0 Å². The Kier molecular flexibility index (Phi) is 4.22. The van der Waals surface area contributed by atoms with Crippen molar-refractivity contribution in [1.29, 1.82) is 0 Å². The van der Waals surface area contributed by atoms with Gasteiger partial charge in [-0.15, -0.1) is 0 Å². The van der Waals surface area contributed by atoms with E-state index in [4.69, 9.17) is 9.47 Å². The minimum atomic E-state index is -0.677. The van der Waals surface area contributed by atoms with Crippen molar-refractivity contribution in [3.8, 4) is 0 Å². The highest BCUT2D eigenvalue weighted by molar-refractivity contribution is 5.92. The van der Waals surface area contributed by atoms with Gasteiger partial charge in [0, 0.05) is 13.1 Å². The molecule has 0 radical (unpaired) electrons. The molecule has 2 unspecified atom stereocenters. The van der Waals surface area contributed by atoms with Crippen LogP contribution in [0.5, 0.6) is 0 Å². The normalized spacial score (nSPS) is 27.7. The molecule has 1 aliphatic heterocycles. The molecular formula is C13H21NO4. The summed E-state index contributed by atoms with van der Waals surface area (Å²) in [5.74, 6) is -0.507. The Morgan fingerprint density at radius 2 is 1.89 bits per heavy atom. The molecular weight excluding hydrogens is 234 g/mol. The maximum atomic E-state index is 12.1. The van der Waals surface area contributed by atoms with Crippen LogP contribution in [0.3, 0.4) is 0 Å². The van der Waals surface area contributed by atoms with Gasteiger partial charge in [0.15, 0.2) is 12.2 Å². The highest BCUT2D eigenvalue weighted by Crippen LogP contribution is 2.28. The maximum Gasteiger partial charge on any atom is 0.338 e. The van der Waals surface area contributed by atoms with Crippen molar-refractivity contribution in [3.63, 3.8) is 0 Å². The van der Waals surface area contributed by atoms with Gasteiger partial charge in [-0.2, -0.15) is 0 Å². The monoisotopic (exact) mass is 255 g/mol. The van der Waals surface area contributed by atoms with Gasteiger partial charge in [-0.1, -0.05) is 19.3 Å². The largest absolute Gasteiger partial charge is 0.464 e. The Balaban J connectivity index is 1.83. The predicted molar refractivity (Wildman–Crippen MR) is 64.9 cm³/mol. The number of rotatable bonds is 4. The van der Waals surface area contributed by atoms with Crippen molar-refractivity contribution in [1.82, 2.24) is 4.90 Å². The lowest BCUT2D eigenvalue weighted by atomic mass is 9.94. The Morgan fingerprint density at radius 3 is 2.50 bits per heavy atom. The SMILES string of the molecule is CCOC(=O)C1OC1C(=O)N(C)C1CCCCC1. The number of hydrogen-bond acceptors (Lipinski definition) is 4. The zero-order chi connectivity index (χ0) is 13.1. The molecule has 1 heterocycles. The molecule has 102 valence electrons. The zero-order valence-electron chi connectivity index (χ0n) is 11.1. The summed E-state index contributed by atoms with van der Waals surface area (Å²) in [6.07, 6.45) is 4.42. The Morgan fingerprint density at radius 1 is 1.22 bits per heavy atom. The maximum absolute atomic E-state index is 12.1. The van der Waals surface area contributed by atoms with Crippen molar-refractivity contribution < 1.29 is 19.1 Å². The summed E-state index contributed by atoms with van der Waals surface area (Å²) in [7, 11) is 1.81. The molecule has 5 heteroatoms. The Hall–Kier alpha value is -1.10. The number of epoxide rings is 1. The van der Waals surface area contributed by atoms with E-state index in [0.717, 1.165) is 12.8 Å². The third kappa shape index (κ3) is 2.83. The number of carbonyl (C=O) groups is 2. The number of amides is 1. The molecule has 2 rings (SSSR count). The Labute approximate surface area is 107 Å². The third-order valence-electron chi connectivity index (χ3n) is 3.72. The Bertz CT molecular complexity index is 325. The van der Waals surface area contributed by atoms with E-state index in [9.17, 15) is 9.59 Å². The summed E-state index contributed by atoms with van der Waals surface area (Å²) >= 11 is 0. The van der Waals surface area contributed by atoms with Gasteiger partial charge in [-0.3, -0.25) is 4.79 Å². The topological polar surface area (TPSA) is 59.1 Å². The number of ether oxygens (including phenoxy) is 2. The highest BCUT2D eigenvalue weighted by Gasteiger charge is 2.53. The molecule has 5 nitrogen and oxygen atoms in total. The van der Waals surface area contributed by atoms with Crippen molar-refractivity contribution in [2.45, 2.75) is 57.3 Å². The molecule has 1 aliphatic carbocycles. The molecule has 2 atom stereocenters. The van der Waals surface area contributed by atoms with Gasteiger partial charge in [0.25, 0.3) is 5.91 Å². The van der Waals surface area contributed by atoms with Crippen molar-refractivity contribution >= 4 is 11.9 Å². The molecule has 2 fully saturated rings. The van der Waals surface area contributed by atoms with E-state index < -0.39 is 18.2 Å². The minimum Gasteiger partial charge on any atom is -0.464 e. The number of esters is 1. The standard InChI is InChI=1S/C13H21NO4/c1-3-17-13(16)11-10(18-11)12(15)14(2)9-7-5-4-6-8-9/h9-11H,3-8H2,1-2H3. The molecule has 0 spiro atoms. The van der Waals surface area contributed by atoms with E-state index in [1.54, 1.807) is 11.8 Å². The van der Waals surface area contributed by atoms with Crippen LogP contribution < -0.4 is 0 Å². The number of hydrogen-bond donors (Lipinski definition) is 0. The molecule has 1 amide bonds. The van der Waals surface area contributed by atoms with Gasteiger partial charge in [-0.25, -0.2) is 4.79 Å². The second-order valence-corrected chi connectivity index (χ2v) is 4.97. The van der Waals surface area contributed by atoms with E-state index in [0.29, 0.717) is 12.6 Å². The van der Waals surface area contributed by atoms with Crippen molar-refractivity contribution in [3.05, 3.63) is 0 Å². The van der Waals surface area contributed by atoms with E-state index in [-0.39, 0.29) is 5.91 Å².